The number of benzene rings is 2. The summed E-state index contributed by atoms with van der Waals surface area (Å²) in [4.78, 5) is 0. The van der Waals surface area contributed by atoms with Crippen molar-refractivity contribution >= 4 is 34.1 Å². The molecular weight excluding hydrogens is 315 g/mol. The molecule has 0 radical (unpaired) electrons. The van der Waals surface area contributed by atoms with E-state index in [0.29, 0.717) is 5.02 Å². The summed E-state index contributed by atoms with van der Waals surface area (Å²) in [5.74, 6) is 0. The quantitative estimate of drug-likeness (QED) is 0.680. The third-order valence-electron chi connectivity index (χ3n) is 4.30. The molecule has 1 aromatic heterocycles. The molecule has 3 aromatic rings. The fraction of sp³-hybridized carbons (Fsp3) is 0.222. The number of fused-ring (bicyclic) bond motifs is 3. The molecule has 2 aromatic carbocycles. The van der Waals surface area contributed by atoms with Crippen LogP contribution in [0.15, 0.2) is 42.5 Å². The van der Waals surface area contributed by atoms with Crippen molar-refractivity contribution in [1.29, 1.82) is 0 Å². The van der Waals surface area contributed by atoms with Gasteiger partial charge in [-0.1, -0.05) is 29.3 Å². The summed E-state index contributed by atoms with van der Waals surface area (Å²) in [5, 5.41) is 6.15. The summed E-state index contributed by atoms with van der Waals surface area (Å²) in [7, 11) is 0. The summed E-state index contributed by atoms with van der Waals surface area (Å²) in [6.45, 7) is 3.10. The monoisotopic (exact) mass is 330 g/mol. The standard InChI is InChI=1S/C18H16Cl2N2/c19-14-2-3-17(20)16(11-14)12-1-4-18-13(9-12)10-15-5-6-21-7-8-22(15)18/h1-4,9-11,21H,5-8H2. The number of aromatic nitrogens is 1. The van der Waals surface area contributed by atoms with Crippen molar-refractivity contribution in [3.63, 3.8) is 0 Å². The highest BCUT2D eigenvalue weighted by atomic mass is 35.5. The van der Waals surface area contributed by atoms with E-state index in [0.717, 1.165) is 42.2 Å². The van der Waals surface area contributed by atoms with Gasteiger partial charge >= 0.3 is 0 Å². The second-order valence-electron chi connectivity index (χ2n) is 5.69. The molecule has 0 atom stereocenters. The van der Waals surface area contributed by atoms with Crippen molar-refractivity contribution in [2.45, 2.75) is 13.0 Å². The van der Waals surface area contributed by atoms with E-state index in [1.54, 1.807) is 0 Å². The largest absolute Gasteiger partial charge is 0.343 e. The van der Waals surface area contributed by atoms with E-state index in [2.05, 4.69) is 34.1 Å². The van der Waals surface area contributed by atoms with Crippen LogP contribution in [0.3, 0.4) is 0 Å². The predicted octanol–water partition coefficient (Wildman–Crippen LogP) is 4.76. The molecule has 0 fully saturated rings. The van der Waals surface area contributed by atoms with E-state index in [9.17, 15) is 0 Å². The van der Waals surface area contributed by atoms with Crippen LogP contribution in [0.4, 0.5) is 0 Å². The Morgan fingerprint density at radius 2 is 1.86 bits per heavy atom. The topological polar surface area (TPSA) is 17.0 Å². The number of hydrogen-bond acceptors (Lipinski definition) is 1. The third-order valence-corrected chi connectivity index (χ3v) is 4.86. The average Bonchev–Trinajstić information content (AvgIpc) is 2.70. The number of rotatable bonds is 1. The van der Waals surface area contributed by atoms with E-state index in [1.807, 2.05) is 18.2 Å². The summed E-state index contributed by atoms with van der Waals surface area (Å²) >= 11 is 12.4. The normalized spacial score (nSPS) is 14.8. The van der Waals surface area contributed by atoms with Gasteiger partial charge in [0.05, 0.1) is 0 Å². The maximum absolute atomic E-state index is 6.33. The predicted molar refractivity (Wildman–Crippen MR) is 94.0 cm³/mol. The molecule has 0 aliphatic carbocycles. The van der Waals surface area contributed by atoms with Crippen LogP contribution in [-0.4, -0.2) is 17.7 Å². The van der Waals surface area contributed by atoms with Crippen LogP contribution in [0.1, 0.15) is 5.69 Å². The van der Waals surface area contributed by atoms with Crippen LogP contribution in [0.5, 0.6) is 0 Å². The Morgan fingerprint density at radius 3 is 2.77 bits per heavy atom. The van der Waals surface area contributed by atoms with Gasteiger partial charge in [0, 0.05) is 58.3 Å². The van der Waals surface area contributed by atoms with Crippen molar-refractivity contribution in [2.75, 3.05) is 13.1 Å². The van der Waals surface area contributed by atoms with E-state index in [1.165, 1.54) is 16.6 Å². The Morgan fingerprint density at radius 1 is 0.955 bits per heavy atom. The highest BCUT2D eigenvalue weighted by molar-refractivity contribution is 6.35. The van der Waals surface area contributed by atoms with Crippen LogP contribution >= 0.6 is 23.2 Å². The molecule has 22 heavy (non-hydrogen) atoms. The maximum Gasteiger partial charge on any atom is 0.0485 e. The molecule has 2 heterocycles. The van der Waals surface area contributed by atoms with Crippen molar-refractivity contribution in [3.05, 3.63) is 58.2 Å². The second kappa shape index (κ2) is 5.62. The van der Waals surface area contributed by atoms with Crippen LogP contribution < -0.4 is 5.32 Å². The molecule has 1 aliphatic rings. The highest BCUT2D eigenvalue weighted by Crippen LogP contribution is 2.33. The maximum atomic E-state index is 6.33. The molecule has 2 nitrogen and oxygen atoms in total. The highest BCUT2D eigenvalue weighted by Gasteiger charge is 2.13. The zero-order valence-electron chi connectivity index (χ0n) is 12.1. The number of nitrogens with one attached hydrogen (secondary N) is 1. The van der Waals surface area contributed by atoms with Crippen molar-refractivity contribution < 1.29 is 0 Å². The molecule has 0 spiro atoms. The van der Waals surface area contributed by atoms with Crippen LogP contribution in [0.25, 0.3) is 22.0 Å². The summed E-state index contributed by atoms with van der Waals surface area (Å²) in [6, 6.07) is 14.4. The molecule has 0 amide bonds. The van der Waals surface area contributed by atoms with Crippen LogP contribution in [0.2, 0.25) is 10.0 Å². The Labute approximate surface area is 139 Å². The van der Waals surface area contributed by atoms with E-state index < -0.39 is 0 Å². The van der Waals surface area contributed by atoms with Gasteiger partial charge in [-0.2, -0.15) is 0 Å². The zero-order chi connectivity index (χ0) is 15.1. The van der Waals surface area contributed by atoms with E-state index >= 15 is 0 Å². The van der Waals surface area contributed by atoms with Crippen LogP contribution in [0, 0.1) is 0 Å². The zero-order valence-corrected chi connectivity index (χ0v) is 13.6. The first-order valence-electron chi connectivity index (χ1n) is 7.51. The minimum absolute atomic E-state index is 0.707. The molecule has 4 rings (SSSR count). The van der Waals surface area contributed by atoms with Gasteiger partial charge in [0.25, 0.3) is 0 Å². The van der Waals surface area contributed by atoms with E-state index in [-0.39, 0.29) is 0 Å². The minimum Gasteiger partial charge on any atom is -0.343 e. The van der Waals surface area contributed by atoms with Crippen molar-refractivity contribution in [2.24, 2.45) is 0 Å². The molecular formula is C18H16Cl2N2. The molecule has 1 aliphatic heterocycles. The lowest BCUT2D eigenvalue weighted by Gasteiger charge is -2.08. The minimum atomic E-state index is 0.707. The summed E-state index contributed by atoms with van der Waals surface area (Å²) in [5.41, 5.74) is 4.79. The first kappa shape index (κ1) is 14.1. The lowest BCUT2D eigenvalue weighted by atomic mass is 10.0. The molecule has 4 heteroatoms. The fourth-order valence-corrected chi connectivity index (χ4v) is 3.62. The summed E-state index contributed by atoms with van der Waals surface area (Å²) in [6.07, 6.45) is 1.07. The Kier molecular flexibility index (Phi) is 3.61. The SMILES string of the molecule is Clc1ccc(Cl)c(-c2ccc3c(c2)cc2n3CCNCC2)c1. The van der Waals surface area contributed by atoms with Gasteiger partial charge in [0.1, 0.15) is 0 Å². The lowest BCUT2D eigenvalue weighted by molar-refractivity contribution is 0.658. The molecule has 0 unspecified atom stereocenters. The fourth-order valence-electron chi connectivity index (χ4n) is 3.22. The van der Waals surface area contributed by atoms with Gasteiger partial charge in [-0.3, -0.25) is 0 Å². The number of nitrogens with zero attached hydrogens (tertiary/aromatic N) is 1. The van der Waals surface area contributed by atoms with Gasteiger partial charge in [-0.05, 0) is 42.0 Å². The molecule has 1 N–H and O–H groups in total. The lowest BCUT2D eigenvalue weighted by Crippen LogP contribution is -2.17. The third kappa shape index (κ3) is 2.41. The van der Waals surface area contributed by atoms with Gasteiger partial charge in [-0.15, -0.1) is 0 Å². The molecule has 0 saturated carbocycles. The number of hydrogen-bond donors (Lipinski definition) is 1. The average molecular weight is 331 g/mol. The smallest absolute Gasteiger partial charge is 0.0485 e. The Balaban J connectivity index is 1.86. The second-order valence-corrected chi connectivity index (χ2v) is 6.53. The first-order chi connectivity index (χ1) is 10.7. The number of halogens is 2. The summed E-state index contributed by atoms with van der Waals surface area (Å²) < 4.78 is 2.42. The molecule has 112 valence electrons. The Hall–Kier alpha value is -1.48. The van der Waals surface area contributed by atoms with Gasteiger partial charge in [0.2, 0.25) is 0 Å². The van der Waals surface area contributed by atoms with Crippen molar-refractivity contribution in [1.82, 2.24) is 9.88 Å². The van der Waals surface area contributed by atoms with Gasteiger partial charge < -0.3 is 9.88 Å². The first-order valence-corrected chi connectivity index (χ1v) is 8.26. The Bertz CT molecular complexity index is 852. The van der Waals surface area contributed by atoms with Crippen LogP contribution in [-0.2, 0) is 13.0 Å². The molecule has 0 bridgehead atoms. The van der Waals surface area contributed by atoms with Crippen molar-refractivity contribution in [3.8, 4) is 11.1 Å². The van der Waals surface area contributed by atoms with E-state index in [4.69, 9.17) is 23.2 Å². The molecule has 0 saturated heterocycles. The van der Waals surface area contributed by atoms with Gasteiger partial charge in [-0.25, -0.2) is 0 Å². The van der Waals surface area contributed by atoms with Gasteiger partial charge in [0.15, 0.2) is 0 Å².